The first-order valence-corrected chi connectivity index (χ1v) is 10.8. The van der Waals surface area contributed by atoms with Crippen LogP contribution in [-0.2, 0) is 11.2 Å². The molecule has 3 aromatic rings. The molecular weight excluding hydrogens is 386 g/mol. The molecular formula is C18H17N3O2S3. The van der Waals surface area contributed by atoms with Crippen LogP contribution in [0, 0.1) is 0 Å². The van der Waals surface area contributed by atoms with E-state index in [1.807, 2.05) is 6.07 Å². The van der Waals surface area contributed by atoms with E-state index in [9.17, 15) is 9.59 Å². The summed E-state index contributed by atoms with van der Waals surface area (Å²) >= 11 is 4.80. The fourth-order valence-electron chi connectivity index (χ4n) is 3.27. The minimum atomic E-state index is -0.529. The highest BCUT2D eigenvalue weighted by Gasteiger charge is 2.31. The zero-order valence-electron chi connectivity index (χ0n) is 13.8. The summed E-state index contributed by atoms with van der Waals surface area (Å²) in [6.45, 7) is 1.10. The monoisotopic (exact) mass is 403 g/mol. The maximum absolute atomic E-state index is 12.6. The van der Waals surface area contributed by atoms with Crippen molar-refractivity contribution in [2.45, 2.75) is 12.5 Å². The summed E-state index contributed by atoms with van der Waals surface area (Å²) in [5, 5.41) is 9.31. The lowest BCUT2D eigenvalue weighted by atomic mass is 9.98. The van der Waals surface area contributed by atoms with Crippen molar-refractivity contribution in [2.24, 2.45) is 5.73 Å². The Bertz CT molecular complexity index is 929. The van der Waals surface area contributed by atoms with Gasteiger partial charge in [0.1, 0.15) is 5.00 Å². The van der Waals surface area contributed by atoms with E-state index in [1.54, 1.807) is 34.1 Å². The molecule has 0 fully saturated rings. The molecule has 0 spiro atoms. The van der Waals surface area contributed by atoms with Gasteiger partial charge in [-0.25, -0.2) is 0 Å². The molecule has 0 radical (unpaired) electrons. The third kappa shape index (κ3) is 3.33. The molecule has 0 bridgehead atoms. The molecule has 26 heavy (non-hydrogen) atoms. The number of fused-ring (bicyclic) bond motifs is 1. The number of nitrogens with zero attached hydrogens (tertiary/aromatic N) is 1. The van der Waals surface area contributed by atoms with Crippen molar-refractivity contribution in [2.75, 3.05) is 18.4 Å². The number of carbonyl (C=O) groups is 2. The van der Waals surface area contributed by atoms with Gasteiger partial charge in [-0.1, -0.05) is 6.07 Å². The number of nitrogens with one attached hydrogen (secondary N) is 1. The van der Waals surface area contributed by atoms with Crippen LogP contribution in [0.2, 0.25) is 0 Å². The molecule has 0 aromatic carbocycles. The molecule has 4 heterocycles. The largest absolute Gasteiger partial charge is 0.366 e. The summed E-state index contributed by atoms with van der Waals surface area (Å²) < 4.78 is 0. The third-order valence-electron chi connectivity index (χ3n) is 4.41. The summed E-state index contributed by atoms with van der Waals surface area (Å²) in [4.78, 5) is 28.9. The van der Waals surface area contributed by atoms with Crippen molar-refractivity contribution in [3.05, 3.63) is 61.3 Å². The lowest BCUT2D eigenvalue weighted by molar-refractivity contribution is -0.117. The van der Waals surface area contributed by atoms with Crippen LogP contribution < -0.4 is 11.1 Å². The molecule has 4 rings (SSSR count). The van der Waals surface area contributed by atoms with Crippen molar-refractivity contribution < 1.29 is 9.59 Å². The molecule has 3 aromatic heterocycles. The van der Waals surface area contributed by atoms with Gasteiger partial charge in [-0.05, 0) is 46.3 Å². The molecule has 0 saturated carbocycles. The van der Waals surface area contributed by atoms with Crippen molar-refractivity contribution in [1.82, 2.24) is 4.90 Å². The number of hydrogen-bond acceptors (Lipinski definition) is 6. The van der Waals surface area contributed by atoms with E-state index in [0.29, 0.717) is 10.6 Å². The van der Waals surface area contributed by atoms with Crippen LogP contribution in [0.15, 0.2) is 40.4 Å². The summed E-state index contributed by atoms with van der Waals surface area (Å²) in [6, 6.07) is 8.07. The van der Waals surface area contributed by atoms with Gasteiger partial charge in [-0.3, -0.25) is 14.5 Å². The third-order valence-corrected chi connectivity index (χ3v) is 7.16. The second kappa shape index (κ2) is 7.32. The quantitative estimate of drug-likeness (QED) is 0.684. The summed E-state index contributed by atoms with van der Waals surface area (Å²) in [6.07, 6.45) is 0.952. The van der Waals surface area contributed by atoms with Crippen LogP contribution in [-0.4, -0.2) is 29.8 Å². The van der Waals surface area contributed by atoms with Gasteiger partial charge in [-0.15, -0.1) is 34.0 Å². The molecule has 3 N–H and O–H groups in total. The van der Waals surface area contributed by atoms with Crippen LogP contribution in [0.25, 0.3) is 0 Å². The Hall–Kier alpha value is -2.00. The van der Waals surface area contributed by atoms with Crippen molar-refractivity contribution >= 4 is 50.8 Å². The molecule has 1 aliphatic rings. The molecule has 134 valence electrons. The van der Waals surface area contributed by atoms with Crippen LogP contribution in [0.1, 0.15) is 31.7 Å². The van der Waals surface area contributed by atoms with Gasteiger partial charge >= 0.3 is 0 Å². The van der Waals surface area contributed by atoms with Gasteiger partial charge in [0.15, 0.2) is 0 Å². The van der Waals surface area contributed by atoms with Crippen molar-refractivity contribution in [3.63, 3.8) is 0 Å². The zero-order chi connectivity index (χ0) is 18.1. The number of hydrogen-bond donors (Lipinski definition) is 2. The maximum atomic E-state index is 12.6. The first kappa shape index (κ1) is 17.4. The number of thiophene rings is 3. The predicted molar refractivity (Wildman–Crippen MR) is 107 cm³/mol. The van der Waals surface area contributed by atoms with E-state index in [0.717, 1.165) is 13.0 Å². The van der Waals surface area contributed by atoms with Crippen molar-refractivity contribution in [3.8, 4) is 0 Å². The highest BCUT2D eigenvalue weighted by Crippen LogP contribution is 2.39. The molecule has 1 atom stereocenters. The van der Waals surface area contributed by atoms with E-state index >= 15 is 0 Å². The minimum Gasteiger partial charge on any atom is -0.366 e. The molecule has 2 amide bonds. The minimum absolute atomic E-state index is 0.106. The van der Waals surface area contributed by atoms with Crippen molar-refractivity contribution in [1.29, 1.82) is 0 Å². The molecule has 0 saturated heterocycles. The van der Waals surface area contributed by atoms with E-state index in [2.05, 4.69) is 33.1 Å². The van der Waals surface area contributed by atoms with Gasteiger partial charge in [0.05, 0.1) is 18.2 Å². The number of carbonyl (C=O) groups excluding carboxylic acids is 2. The van der Waals surface area contributed by atoms with E-state index in [-0.39, 0.29) is 18.5 Å². The van der Waals surface area contributed by atoms with E-state index < -0.39 is 5.91 Å². The van der Waals surface area contributed by atoms with Crippen LogP contribution in [0.3, 0.4) is 0 Å². The Balaban J connectivity index is 1.54. The van der Waals surface area contributed by atoms with Gasteiger partial charge in [0, 0.05) is 16.3 Å². The normalized spacial score (nSPS) is 17.0. The Morgan fingerprint density at radius 1 is 1.15 bits per heavy atom. The van der Waals surface area contributed by atoms with Gasteiger partial charge < -0.3 is 11.1 Å². The Labute approximate surface area is 163 Å². The van der Waals surface area contributed by atoms with E-state index in [1.165, 1.54) is 26.7 Å². The average Bonchev–Trinajstić information content (AvgIpc) is 3.35. The van der Waals surface area contributed by atoms with Crippen LogP contribution in [0.4, 0.5) is 5.00 Å². The molecule has 1 aliphatic heterocycles. The van der Waals surface area contributed by atoms with Gasteiger partial charge in [0.2, 0.25) is 5.91 Å². The second-order valence-corrected chi connectivity index (χ2v) is 8.91. The average molecular weight is 404 g/mol. The summed E-state index contributed by atoms with van der Waals surface area (Å²) in [5.74, 6) is -0.658. The first-order chi connectivity index (χ1) is 12.6. The van der Waals surface area contributed by atoms with Gasteiger partial charge in [0.25, 0.3) is 5.91 Å². The topological polar surface area (TPSA) is 75.4 Å². The highest BCUT2D eigenvalue weighted by atomic mass is 32.1. The Kier molecular flexibility index (Phi) is 4.90. The first-order valence-electron chi connectivity index (χ1n) is 8.14. The standard InChI is InChI=1S/C18H17N3O2S3/c19-17(23)12-5-9-26-18(12)20-15(22)10-21-6-3-13-11(4-8-25-13)16(21)14-2-1-7-24-14/h1-2,4-5,7-9,16H,3,6,10H2,(H2,19,23)(H,20,22). The summed E-state index contributed by atoms with van der Waals surface area (Å²) in [5.41, 5.74) is 7.01. The van der Waals surface area contributed by atoms with Crippen LogP contribution in [0.5, 0.6) is 0 Å². The predicted octanol–water partition coefficient (Wildman–Crippen LogP) is 3.56. The number of amides is 2. The number of anilines is 1. The van der Waals surface area contributed by atoms with Gasteiger partial charge in [-0.2, -0.15) is 0 Å². The molecule has 0 aliphatic carbocycles. The smallest absolute Gasteiger partial charge is 0.251 e. The molecule has 1 unspecified atom stereocenters. The lowest BCUT2D eigenvalue weighted by Crippen LogP contribution is -2.40. The van der Waals surface area contributed by atoms with E-state index in [4.69, 9.17) is 5.73 Å². The van der Waals surface area contributed by atoms with Crippen LogP contribution >= 0.6 is 34.0 Å². The lowest BCUT2D eigenvalue weighted by Gasteiger charge is -2.34. The summed E-state index contributed by atoms with van der Waals surface area (Å²) in [7, 11) is 0. The second-order valence-electron chi connectivity index (χ2n) is 6.01. The maximum Gasteiger partial charge on any atom is 0.251 e. The number of nitrogens with two attached hydrogens (primary N) is 1. The Morgan fingerprint density at radius 2 is 2.00 bits per heavy atom. The molecule has 5 nitrogen and oxygen atoms in total. The number of rotatable bonds is 5. The fourth-order valence-corrected chi connectivity index (χ4v) is 5.86. The number of primary amides is 1. The Morgan fingerprint density at radius 3 is 2.77 bits per heavy atom. The molecule has 8 heteroatoms. The SMILES string of the molecule is NC(=O)c1ccsc1NC(=O)CN1CCc2sccc2C1c1cccs1. The fraction of sp³-hybridized carbons (Fsp3) is 0.222. The zero-order valence-corrected chi connectivity index (χ0v) is 16.3. The highest BCUT2D eigenvalue weighted by molar-refractivity contribution is 7.14.